The number of nitrogens with zero attached hydrogens (tertiary/aromatic N) is 5. The summed E-state index contributed by atoms with van der Waals surface area (Å²) in [5, 5.41) is 13.2. The van der Waals surface area contributed by atoms with Gasteiger partial charge in [0.25, 0.3) is 11.4 Å². The third kappa shape index (κ3) is 7.25. The minimum Gasteiger partial charge on any atom is -0.453 e. The van der Waals surface area contributed by atoms with Crippen molar-refractivity contribution in [3.8, 4) is 11.4 Å². The number of ether oxygens (including phenoxy) is 1. The summed E-state index contributed by atoms with van der Waals surface area (Å²) in [4.78, 5) is 58.4. The molecule has 13 heteroatoms. The molecule has 0 aliphatic heterocycles. The zero-order valence-electron chi connectivity index (χ0n) is 26.3. The Morgan fingerprint density at radius 2 is 1.69 bits per heavy atom. The van der Waals surface area contributed by atoms with Crippen molar-refractivity contribution in [2.24, 2.45) is 5.92 Å². The molecule has 2 amide bonds. The lowest BCUT2D eigenvalue weighted by molar-refractivity contribution is -0.122. The molecular weight excluding hydrogens is 578 g/mol. The fourth-order valence-electron chi connectivity index (χ4n) is 4.61. The first-order valence-electron chi connectivity index (χ1n) is 14.3. The largest absolute Gasteiger partial charge is 0.453 e. The van der Waals surface area contributed by atoms with E-state index >= 15 is 0 Å². The quantitative estimate of drug-likeness (QED) is 0.237. The van der Waals surface area contributed by atoms with Gasteiger partial charge < -0.3 is 19.4 Å². The second-order valence-electron chi connectivity index (χ2n) is 11.5. The molecule has 1 atom stereocenters. The molecule has 0 radical (unpaired) electrons. The van der Waals surface area contributed by atoms with Crippen molar-refractivity contribution >= 4 is 29.2 Å². The summed E-state index contributed by atoms with van der Waals surface area (Å²) >= 11 is 0. The molecule has 1 unspecified atom stereocenters. The van der Waals surface area contributed by atoms with Crippen molar-refractivity contribution in [2.45, 2.75) is 45.7 Å². The molecule has 45 heavy (non-hydrogen) atoms. The molecule has 13 nitrogen and oxygen atoms in total. The Morgan fingerprint density at radius 1 is 1.02 bits per heavy atom. The van der Waals surface area contributed by atoms with Crippen LogP contribution < -0.4 is 21.1 Å². The Bertz CT molecular complexity index is 1730. The van der Waals surface area contributed by atoms with Crippen LogP contribution in [0.5, 0.6) is 0 Å². The smallest absolute Gasteiger partial charge is 0.411 e. The van der Waals surface area contributed by atoms with E-state index in [1.807, 2.05) is 57.1 Å². The number of hydrogen-bond acceptors (Lipinski definition) is 10. The van der Waals surface area contributed by atoms with Crippen LogP contribution in [0.15, 0.2) is 70.0 Å². The molecule has 0 spiro atoms. The second kappa shape index (κ2) is 13.5. The van der Waals surface area contributed by atoms with Gasteiger partial charge in [-0.2, -0.15) is 0 Å². The highest BCUT2D eigenvalue weighted by molar-refractivity contribution is 5.98. The van der Waals surface area contributed by atoms with Gasteiger partial charge in [-0.15, -0.1) is 10.2 Å². The van der Waals surface area contributed by atoms with Gasteiger partial charge in [0, 0.05) is 25.3 Å². The maximum atomic E-state index is 13.6. The van der Waals surface area contributed by atoms with Crippen molar-refractivity contribution in [3.05, 3.63) is 88.5 Å². The van der Waals surface area contributed by atoms with Gasteiger partial charge in [-0.1, -0.05) is 56.3 Å². The molecule has 236 valence electrons. The monoisotopic (exact) mass is 615 g/mol. The van der Waals surface area contributed by atoms with Gasteiger partial charge in [0.15, 0.2) is 0 Å². The summed E-state index contributed by atoms with van der Waals surface area (Å²) in [5.41, 5.74) is 0.967. The number of hydrogen-bond donors (Lipinski definition) is 2. The van der Waals surface area contributed by atoms with Crippen molar-refractivity contribution in [2.75, 3.05) is 31.4 Å². The van der Waals surface area contributed by atoms with Gasteiger partial charge in [0.2, 0.25) is 17.6 Å². The molecule has 0 aliphatic carbocycles. The van der Waals surface area contributed by atoms with Crippen LogP contribution in [0, 0.1) is 5.92 Å². The minimum atomic E-state index is -1.03. The van der Waals surface area contributed by atoms with E-state index in [0.29, 0.717) is 5.56 Å². The molecule has 0 fully saturated rings. The molecule has 2 aromatic carbocycles. The predicted molar refractivity (Wildman–Crippen MR) is 168 cm³/mol. The highest BCUT2D eigenvalue weighted by Gasteiger charge is 2.34. The van der Waals surface area contributed by atoms with Crippen LogP contribution in [-0.2, 0) is 21.5 Å². The number of amides is 2. The highest BCUT2D eigenvalue weighted by Crippen LogP contribution is 2.32. The summed E-state index contributed by atoms with van der Waals surface area (Å²) in [6, 6.07) is 15.7. The number of methoxy groups -OCH3 is 1. The first-order valence-corrected chi connectivity index (χ1v) is 14.3. The molecular formula is C32H37N7O6. The highest BCUT2D eigenvalue weighted by atomic mass is 16.5. The lowest BCUT2D eigenvalue weighted by atomic mass is 9.84. The fourth-order valence-corrected chi connectivity index (χ4v) is 4.61. The Labute approximate surface area is 260 Å². The Kier molecular flexibility index (Phi) is 9.80. The van der Waals surface area contributed by atoms with Crippen molar-refractivity contribution in [1.29, 1.82) is 0 Å². The number of Topliss-reactive ketones (excluding diaryl/α,β-unsaturated/α-hetero) is 1. The van der Waals surface area contributed by atoms with Crippen LogP contribution in [0.1, 0.15) is 49.8 Å². The number of benzene rings is 2. The zero-order valence-corrected chi connectivity index (χ0v) is 26.3. The average molecular weight is 616 g/mol. The Hall–Kier alpha value is -5.33. The van der Waals surface area contributed by atoms with Crippen molar-refractivity contribution in [3.63, 3.8) is 0 Å². The van der Waals surface area contributed by atoms with Crippen LogP contribution >= 0.6 is 0 Å². The topological polar surface area (TPSA) is 162 Å². The average Bonchev–Trinajstić information content (AvgIpc) is 3.53. The fraction of sp³-hybridized carbons (Fsp3) is 0.344. The lowest BCUT2D eigenvalue weighted by Crippen LogP contribution is -2.46. The molecule has 2 heterocycles. The predicted octanol–water partition coefficient (Wildman–Crippen LogP) is 3.89. The summed E-state index contributed by atoms with van der Waals surface area (Å²) in [7, 11) is 5.07. The number of nitrogens with one attached hydrogen (secondary N) is 2. The first kappa shape index (κ1) is 32.6. The molecule has 4 rings (SSSR count). The van der Waals surface area contributed by atoms with E-state index in [4.69, 9.17) is 4.42 Å². The molecule has 0 saturated heterocycles. The van der Waals surface area contributed by atoms with Crippen molar-refractivity contribution in [1.82, 2.24) is 25.1 Å². The summed E-state index contributed by atoms with van der Waals surface area (Å²) in [5.74, 6) is -1.36. The van der Waals surface area contributed by atoms with Gasteiger partial charge in [-0.05, 0) is 37.5 Å². The SMILES string of the molecule is COC(=O)Nc1cnc(-c2ccccc2)n(CC(=O)NC(C(=O)c2nnc(C(C)(C)c3ccc(N(C)C)cc3)o2)C(C)C)c1=O. The third-order valence-electron chi connectivity index (χ3n) is 7.34. The number of ketones is 1. The van der Waals surface area contributed by atoms with E-state index in [1.54, 1.807) is 44.2 Å². The molecule has 2 N–H and O–H groups in total. The van der Waals surface area contributed by atoms with E-state index in [9.17, 15) is 19.2 Å². The van der Waals surface area contributed by atoms with E-state index < -0.39 is 41.3 Å². The van der Waals surface area contributed by atoms with Gasteiger partial charge in [0.1, 0.15) is 18.1 Å². The standard InChI is InChI=1S/C32H37N7O6/c1-19(2)25(26(41)28-36-37-30(45-28)32(3,4)21-13-15-22(16-14-21)38(5)6)35-24(40)18-39-27(20-11-9-8-10-12-20)33-17-23(29(39)42)34-31(43)44-7/h8-17,19,25H,18H2,1-7H3,(H,34,43)(H,35,40). The summed E-state index contributed by atoms with van der Waals surface area (Å²) < 4.78 is 11.6. The number of carbonyl (C=O) groups is 3. The number of anilines is 2. The molecule has 0 saturated carbocycles. The van der Waals surface area contributed by atoms with Gasteiger partial charge in [-0.3, -0.25) is 24.3 Å². The van der Waals surface area contributed by atoms with E-state index in [1.165, 1.54) is 6.20 Å². The second-order valence-corrected chi connectivity index (χ2v) is 11.5. The van der Waals surface area contributed by atoms with Gasteiger partial charge >= 0.3 is 6.09 Å². The van der Waals surface area contributed by atoms with E-state index in [0.717, 1.165) is 22.9 Å². The molecule has 0 bridgehead atoms. The maximum absolute atomic E-state index is 13.6. The Morgan fingerprint density at radius 3 is 2.29 bits per heavy atom. The summed E-state index contributed by atoms with van der Waals surface area (Å²) in [6.07, 6.45) is 0.331. The minimum absolute atomic E-state index is 0.178. The number of rotatable bonds is 11. The van der Waals surface area contributed by atoms with E-state index in [-0.39, 0.29) is 29.2 Å². The summed E-state index contributed by atoms with van der Waals surface area (Å²) in [6.45, 7) is 6.87. The van der Waals surface area contributed by atoms with Crippen LogP contribution in [0.2, 0.25) is 0 Å². The van der Waals surface area contributed by atoms with E-state index in [2.05, 4.69) is 30.6 Å². The van der Waals surface area contributed by atoms with Crippen LogP contribution in [-0.4, -0.2) is 64.8 Å². The van der Waals surface area contributed by atoms with Crippen LogP contribution in [0.4, 0.5) is 16.2 Å². The number of carbonyl (C=O) groups excluding carboxylic acids is 3. The molecule has 4 aromatic rings. The first-order chi connectivity index (χ1) is 21.3. The normalized spacial score (nSPS) is 12.0. The van der Waals surface area contributed by atoms with Gasteiger partial charge in [-0.25, -0.2) is 9.78 Å². The third-order valence-corrected chi connectivity index (χ3v) is 7.34. The van der Waals surface area contributed by atoms with Crippen LogP contribution in [0.3, 0.4) is 0 Å². The van der Waals surface area contributed by atoms with Gasteiger partial charge in [0.05, 0.1) is 24.8 Å². The van der Waals surface area contributed by atoms with Crippen molar-refractivity contribution < 1.29 is 23.5 Å². The molecule has 2 aromatic heterocycles. The van der Waals surface area contributed by atoms with Crippen LogP contribution in [0.25, 0.3) is 11.4 Å². The maximum Gasteiger partial charge on any atom is 0.411 e. The lowest BCUT2D eigenvalue weighted by Gasteiger charge is -2.22. The zero-order chi connectivity index (χ0) is 32.9. The molecule has 0 aliphatic rings. The number of aromatic nitrogens is 4. The Balaban J connectivity index is 1.58.